The third-order valence-corrected chi connectivity index (χ3v) is 7.34. The molecule has 0 fully saturated rings. The summed E-state index contributed by atoms with van der Waals surface area (Å²) in [5, 5.41) is 2.11. The Hall–Kier alpha value is -3.12. The minimum absolute atomic E-state index is 0.00923. The van der Waals surface area contributed by atoms with Crippen molar-refractivity contribution in [2.75, 3.05) is 26.7 Å². The number of fused-ring (bicyclic) bond motifs is 1. The molecule has 1 atom stereocenters. The van der Waals surface area contributed by atoms with Crippen LogP contribution in [0.4, 0.5) is 0 Å². The van der Waals surface area contributed by atoms with Gasteiger partial charge in [-0.2, -0.15) is 0 Å². The van der Waals surface area contributed by atoms with Crippen LogP contribution in [0.3, 0.4) is 0 Å². The molecule has 4 rings (SSSR count). The van der Waals surface area contributed by atoms with Crippen LogP contribution >= 0.6 is 11.3 Å². The van der Waals surface area contributed by atoms with E-state index in [4.69, 9.17) is 4.74 Å². The largest absolute Gasteiger partial charge is 0.497 e. The Balaban J connectivity index is 1.52. The van der Waals surface area contributed by atoms with E-state index in [0.29, 0.717) is 13.1 Å². The maximum atomic E-state index is 13.6. The fourth-order valence-corrected chi connectivity index (χ4v) is 5.38. The first kappa shape index (κ1) is 23.1. The number of thiophene rings is 1. The first-order chi connectivity index (χ1) is 16.0. The van der Waals surface area contributed by atoms with E-state index >= 15 is 0 Å². The summed E-state index contributed by atoms with van der Waals surface area (Å²) in [5.74, 6) is 0.704. The fourth-order valence-electron chi connectivity index (χ4n) is 4.47. The highest BCUT2D eigenvalue weighted by molar-refractivity contribution is 7.10. The molecule has 1 aliphatic heterocycles. The maximum Gasteiger partial charge on any atom is 0.242 e. The van der Waals surface area contributed by atoms with E-state index < -0.39 is 0 Å². The summed E-state index contributed by atoms with van der Waals surface area (Å²) < 4.78 is 5.19. The summed E-state index contributed by atoms with van der Waals surface area (Å²) in [6.07, 6.45) is 1.12. The smallest absolute Gasteiger partial charge is 0.242 e. The number of aryl methyl sites for hydroxylation is 1. The number of ether oxygens (including phenoxy) is 1. The lowest BCUT2D eigenvalue weighted by Gasteiger charge is -2.38. The van der Waals surface area contributed by atoms with Gasteiger partial charge in [-0.15, -0.1) is 11.3 Å². The Morgan fingerprint density at radius 2 is 1.85 bits per heavy atom. The van der Waals surface area contributed by atoms with Crippen LogP contribution in [-0.4, -0.2) is 48.4 Å². The zero-order valence-corrected chi connectivity index (χ0v) is 20.2. The van der Waals surface area contributed by atoms with Crippen LogP contribution in [0.5, 0.6) is 5.75 Å². The minimum Gasteiger partial charge on any atom is -0.497 e. The van der Waals surface area contributed by atoms with Gasteiger partial charge >= 0.3 is 0 Å². The predicted octanol–water partition coefficient (Wildman–Crippen LogP) is 4.63. The number of benzene rings is 2. The standard InChI is InChI=1S/C27H30N2O3S/c1-4-28(25(30)17-20-9-11-21(32-3)12-10-20)18-26(31)29-15-13-24-23(14-16-33-24)27(29)22-8-6-5-7-19(22)2/h5-12,14,16,27H,4,13,15,17-18H2,1-3H3. The number of hydrogen-bond donors (Lipinski definition) is 0. The van der Waals surface area contributed by atoms with Gasteiger partial charge in [0.15, 0.2) is 0 Å². The monoisotopic (exact) mass is 462 g/mol. The number of methoxy groups -OCH3 is 1. The van der Waals surface area contributed by atoms with Crippen molar-refractivity contribution in [3.8, 4) is 5.75 Å². The molecule has 0 spiro atoms. The fraction of sp³-hybridized carbons (Fsp3) is 0.333. The van der Waals surface area contributed by atoms with E-state index in [0.717, 1.165) is 23.3 Å². The Bertz CT molecular complexity index is 1120. The number of nitrogens with zero attached hydrogens (tertiary/aromatic N) is 2. The van der Waals surface area contributed by atoms with Crippen LogP contribution in [-0.2, 0) is 22.4 Å². The highest BCUT2D eigenvalue weighted by Gasteiger charge is 2.34. The van der Waals surface area contributed by atoms with Gasteiger partial charge in [0, 0.05) is 18.0 Å². The SMILES string of the molecule is CCN(CC(=O)N1CCc2sccc2C1c1ccccc1C)C(=O)Cc1ccc(OC)cc1. The Morgan fingerprint density at radius 1 is 1.09 bits per heavy atom. The van der Waals surface area contributed by atoms with Gasteiger partial charge in [0.2, 0.25) is 11.8 Å². The van der Waals surface area contributed by atoms with E-state index in [-0.39, 0.29) is 30.8 Å². The Labute approximate surface area is 199 Å². The van der Waals surface area contributed by atoms with E-state index in [1.54, 1.807) is 23.3 Å². The molecule has 33 heavy (non-hydrogen) atoms. The van der Waals surface area contributed by atoms with Crippen molar-refractivity contribution in [1.82, 2.24) is 9.80 Å². The highest BCUT2D eigenvalue weighted by Crippen LogP contribution is 2.39. The van der Waals surface area contributed by atoms with Crippen molar-refractivity contribution in [1.29, 1.82) is 0 Å². The minimum atomic E-state index is -0.107. The molecule has 0 radical (unpaired) electrons. The molecule has 6 heteroatoms. The average Bonchev–Trinajstić information content (AvgIpc) is 3.31. The molecule has 0 N–H and O–H groups in total. The zero-order chi connectivity index (χ0) is 23.4. The van der Waals surface area contributed by atoms with Gasteiger partial charge in [-0.05, 0) is 66.1 Å². The maximum absolute atomic E-state index is 13.6. The van der Waals surface area contributed by atoms with Gasteiger partial charge in [0.1, 0.15) is 5.75 Å². The van der Waals surface area contributed by atoms with E-state index in [2.05, 4.69) is 30.5 Å². The molecule has 2 aromatic carbocycles. The first-order valence-electron chi connectivity index (χ1n) is 11.3. The van der Waals surface area contributed by atoms with Gasteiger partial charge < -0.3 is 14.5 Å². The van der Waals surface area contributed by atoms with Crippen LogP contribution in [0.15, 0.2) is 60.0 Å². The Kier molecular flexibility index (Phi) is 7.14. The number of carbonyl (C=O) groups excluding carboxylic acids is 2. The second-order valence-corrected chi connectivity index (χ2v) is 9.33. The summed E-state index contributed by atoms with van der Waals surface area (Å²) in [6.45, 7) is 5.26. The molecule has 3 aromatic rings. The molecule has 172 valence electrons. The van der Waals surface area contributed by atoms with Crippen LogP contribution < -0.4 is 4.74 Å². The van der Waals surface area contributed by atoms with Gasteiger partial charge in [0.05, 0.1) is 26.1 Å². The van der Waals surface area contributed by atoms with Crippen molar-refractivity contribution in [3.05, 3.63) is 87.1 Å². The molecule has 0 saturated carbocycles. The normalized spacial score (nSPS) is 15.1. The topological polar surface area (TPSA) is 49.9 Å². The zero-order valence-electron chi connectivity index (χ0n) is 19.4. The van der Waals surface area contributed by atoms with Crippen molar-refractivity contribution in [2.24, 2.45) is 0 Å². The lowest BCUT2D eigenvalue weighted by atomic mass is 9.90. The number of carbonyl (C=O) groups is 2. The average molecular weight is 463 g/mol. The molecule has 1 aliphatic rings. The summed E-state index contributed by atoms with van der Waals surface area (Å²) in [4.78, 5) is 31.5. The van der Waals surface area contributed by atoms with Crippen molar-refractivity contribution in [2.45, 2.75) is 32.7 Å². The van der Waals surface area contributed by atoms with Crippen LogP contribution in [0.25, 0.3) is 0 Å². The predicted molar refractivity (Wildman–Crippen MR) is 132 cm³/mol. The molecule has 0 saturated heterocycles. The van der Waals surface area contributed by atoms with Crippen LogP contribution in [0.1, 0.15) is 40.1 Å². The molecule has 0 aliphatic carbocycles. The van der Waals surface area contributed by atoms with Gasteiger partial charge in [-0.25, -0.2) is 0 Å². The summed E-state index contributed by atoms with van der Waals surface area (Å²) in [6, 6.07) is 17.8. The summed E-state index contributed by atoms with van der Waals surface area (Å²) >= 11 is 1.76. The van der Waals surface area contributed by atoms with Gasteiger partial charge in [-0.3, -0.25) is 9.59 Å². The van der Waals surface area contributed by atoms with Gasteiger partial charge in [-0.1, -0.05) is 36.4 Å². The van der Waals surface area contributed by atoms with Crippen molar-refractivity contribution >= 4 is 23.2 Å². The van der Waals surface area contributed by atoms with E-state index in [1.165, 1.54) is 16.0 Å². The Morgan fingerprint density at radius 3 is 2.55 bits per heavy atom. The molecule has 2 amide bonds. The first-order valence-corrected chi connectivity index (χ1v) is 12.2. The molecular formula is C27H30N2O3S. The van der Waals surface area contributed by atoms with Crippen LogP contribution in [0.2, 0.25) is 0 Å². The quantitative estimate of drug-likeness (QED) is 0.514. The molecule has 2 heterocycles. The molecule has 1 aromatic heterocycles. The lowest BCUT2D eigenvalue weighted by molar-refractivity contribution is -0.141. The molecular weight excluding hydrogens is 432 g/mol. The number of rotatable bonds is 7. The summed E-state index contributed by atoms with van der Waals surface area (Å²) in [5.41, 5.74) is 4.44. The lowest BCUT2D eigenvalue weighted by Crippen LogP contribution is -2.47. The van der Waals surface area contributed by atoms with Gasteiger partial charge in [0.25, 0.3) is 0 Å². The highest BCUT2D eigenvalue weighted by atomic mass is 32.1. The third kappa shape index (κ3) is 4.96. The second kappa shape index (κ2) is 10.2. The number of amides is 2. The number of hydrogen-bond acceptors (Lipinski definition) is 4. The third-order valence-electron chi connectivity index (χ3n) is 6.34. The second-order valence-electron chi connectivity index (χ2n) is 8.33. The van der Waals surface area contributed by atoms with E-state index in [1.807, 2.05) is 48.2 Å². The molecule has 1 unspecified atom stereocenters. The molecule has 5 nitrogen and oxygen atoms in total. The van der Waals surface area contributed by atoms with Crippen molar-refractivity contribution < 1.29 is 14.3 Å². The van der Waals surface area contributed by atoms with Crippen molar-refractivity contribution in [3.63, 3.8) is 0 Å². The van der Waals surface area contributed by atoms with Crippen LogP contribution in [0, 0.1) is 6.92 Å². The van der Waals surface area contributed by atoms with E-state index in [9.17, 15) is 9.59 Å². The summed E-state index contributed by atoms with van der Waals surface area (Å²) in [7, 11) is 1.62. The molecule has 0 bridgehead atoms. The number of likely N-dealkylation sites (N-methyl/N-ethyl adjacent to an activating group) is 1.